The maximum absolute atomic E-state index is 4.19. The molecule has 41 valence electrons. The molecule has 0 amide bonds. The van der Waals surface area contributed by atoms with Crippen LogP contribution in [0.5, 0.6) is 0 Å². The zero-order chi connectivity index (χ0) is 6.08. The molecule has 0 spiro atoms. The van der Waals surface area contributed by atoms with Gasteiger partial charge in [-0.25, -0.2) is 0 Å². The summed E-state index contributed by atoms with van der Waals surface area (Å²) >= 11 is 4.19. The molecule has 0 saturated heterocycles. The zero-order valence-corrected chi connectivity index (χ0v) is 6.92. The molecule has 0 aliphatic heterocycles. The van der Waals surface area contributed by atoms with E-state index in [1.165, 1.54) is 0 Å². The van der Waals surface area contributed by atoms with E-state index in [-0.39, 0.29) is 5.41 Å². The summed E-state index contributed by atoms with van der Waals surface area (Å²) in [5.41, 5.74) is 0.278. The predicted molar refractivity (Wildman–Crippen MR) is 38.0 cm³/mol. The van der Waals surface area contributed by atoms with Gasteiger partial charge in [-0.05, 0) is 10.3 Å². The van der Waals surface area contributed by atoms with Gasteiger partial charge in [-0.15, -0.1) is 0 Å². The number of rotatable bonds is 0. The Morgan fingerprint density at radius 1 is 1.43 bits per heavy atom. The molecule has 0 aliphatic rings. The second-order valence-corrected chi connectivity index (χ2v) is 4.35. The van der Waals surface area contributed by atoms with Gasteiger partial charge in [0.05, 0.1) is 0 Å². The first-order valence-corrected chi connectivity index (χ1v) is 3.43. The first-order chi connectivity index (χ1) is 2.94. The first-order valence-electron chi connectivity index (χ1n) is 2.34. The lowest BCUT2D eigenvalue weighted by Gasteiger charge is -2.21. The van der Waals surface area contributed by atoms with Crippen LogP contribution in [-0.4, -0.2) is 15.1 Å². The van der Waals surface area contributed by atoms with Gasteiger partial charge in [0.1, 0.15) is 0 Å². The highest BCUT2D eigenvalue weighted by Gasteiger charge is 2.14. The van der Waals surface area contributed by atoms with Crippen molar-refractivity contribution in [3.05, 3.63) is 0 Å². The van der Waals surface area contributed by atoms with Crippen molar-refractivity contribution in [2.75, 3.05) is 0 Å². The Bertz CT molecular complexity index is 53.6. The van der Waals surface area contributed by atoms with E-state index in [2.05, 4.69) is 43.6 Å². The Morgan fingerprint density at radius 3 is 1.57 bits per heavy atom. The Morgan fingerprint density at radius 2 is 1.57 bits per heavy atom. The first kappa shape index (κ1) is 7.57. The van der Waals surface area contributed by atoms with E-state index in [0.717, 1.165) is 0 Å². The van der Waals surface area contributed by atoms with E-state index in [4.69, 9.17) is 0 Å². The molecule has 0 aromatic heterocycles. The number of hydrogen-bond donors (Lipinski definition) is 1. The van der Waals surface area contributed by atoms with Crippen molar-refractivity contribution in [1.29, 1.82) is 0 Å². The smallest absolute Gasteiger partial charge is 0.0418 e. The van der Waals surface area contributed by atoms with Crippen LogP contribution in [0, 0.1) is 5.41 Å². The van der Waals surface area contributed by atoms with Crippen molar-refractivity contribution in [2.24, 2.45) is 5.41 Å². The third-order valence-corrected chi connectivity index (χ3v) is 2.46. The second kappa shape index (κ2) is 2.22. The van der Waals surface area contributed by atoms with E-state index in [1.54, 1.807) is 0 Å². The van der Waals surface area contributed by atoms with E-state index < -0.39 is 0 Å². The summed E-state index contributed by atoms with van der Waals surface area (Å²) in [7, 11) is 3.41. The molecule has 0 N–H and O–H groups in total. The predicted octanol–water partition coefficient (Wildman–Crippen LogP) is 1.46. The summed E-state index contributed by atoms with van der Waals surface area (Å²) in [6, 6.07) is 0. The summed E-state index contributed by atoms with van der Waals surface area (Å²) in [6.45, 7) is 6.41. The summed E-state index contributed by atoms with van der Waals surface area (Å²) in [4.78, 5) is 0.299. The molecule has 0 heterocycles. The fourth-order valence-electron chi connectivity index (χ4n) is 0. The maximum Gasteiger partial charge on any atom is 0.0418 e. The van der Waals surface area contributed by atoms with Gasteiger partial charge in [-0.2, -0.15) is 12.6 Å². The van der Waals surface area contributed by atoms with Crippen molar-refractivity contribution < 1.29 is 0 Å². The minimum absolute atomic E-state index is 0.278. The van der Waals surface area contributed by atoms with E-state index >= 15 is 0 Å². The summed E-state index contributed by atoms with van der Waals surface area (Å²) in [6.07, 6.45) is 0. The minimum Gasteiger partial charge on any atom is -0.179 e. The molecule has 0 rings (SSSR count). The lowest BCUT2D eigenvalue weighted by molar-refractivity contribution is 0.456. The highest BCUT2D eigenvalue weighted by molar-refractivity contribution is 7.82. The molecule has 0 saturated carbocycles. The quantitative estimate of drug-likeness (QED) is 0.373. The molecule has 0 fully saturated rings. The molecule has 0 aromatic rings. The van der Waals surface area contributed by atoms with Crippen LogP contribution >= 0.6 is 12.6 Å². The lowest BCUT2D eigenvalue weighted by atomic mass is 10.00. The normalized spacial score (nSPS) is 16.7. The van der Waals surface area contributed by atoms with Crippen LogP contribution in [0.15, 0.2) is 0 Å². The summed E-state index contributed by atoms with van der Waals surface area (Å²) in [5.74, 6) is 0. The standard InChI is InChI=1S/C5H11SSi/c1-5(2,3)4(6)7/h4,6H,1-3H3. The molecule has 0 nitrogen and oxygen atoms in total. The van der Waals surface area contributed by atoms with Crippen molar-refractivity contribution in [2.45, 2.75) is 25.6 Å². The zero-order valence-electron chi connectivity index (χ0n) is 5.02. The van der Waals surface area contributed by atoms with Crippen LogP contribution in [0.2, 0.25) is 0 Å². The monoisotopic (exact) mass is 131 g/mol. The van der Waals surface area contributed by atoms with E-state index in [9.17, 15) is 0 Å². The van der Waals surface area contributed by atoms with Gasteiger partial charge in [-0.3, -0.25) is 0 Å². The van der Waals surface area contributed by atoms with Crippen LogP contribution in [0.25, 0.3) is 0 Å². The van der Waals surface area contributed by atoms with Gasteiger partial charge in [0.2, 0.25) is 0 Å². The minimum atomic E-state index is 0.278. The average molecular weight is 131 g/mol. The second-order valence-electron chi connectivity index (χ2n) is 2.77. The van der Waals surface area contributed by atoms with Crippen molar-refractivity contribution in [1.82, 2.24) is 0 Å². The topological polar surface area (TPSA) is 0 Å². The number of hydrogen-bond acceptors (Lipinski definition) is 1. The Kier molecular flexibility index (Phi) is 2.40. The summed E-state index contributed by atoms with van der Waals surface area (Å²) < 4.78 is 0. The fourth-order valence-corrected chi connectivity index (χ4v) is 0. The van der Waals surface area contributed by atoms with Gasteiger partial charge < -0.3 is 0 Å². The molecule has 0 bridgehead atoms. The third kappa shape index (κ3) is 3.18. The van der Waals surface area contributed by atoms with E-state index in [1.807, 2.05) is 0 Å². The largest absolute Gasteiger partial charge is 0.179 e. The van der Waals surface area contributed by atoms with Crippen molar-refractivity contribution >= 4 is 22.9 Å². The highest BCUT2D eigenvalue weighted by atomic mass is 32.1. The molecule has 1 atom stereocenters. The van der Waals surface area contributed by atoms with Crippen LogP contribution in [-0.2, 0) is 0 Å². The Hall–Kier alpha value is 0.567. The molecular formula is C5H11SSi. The fraction of sp³-hybridized carbons (Fsp3) is 1.00. The third-order valence-electron chi connectivity index (χ3n) is 0.820. The van der Waals surface area contributed by atoms with Gasteiger partial charge in [0.25, 0.3) is 0 Å². The molecule has 0 aliphatic carbocycles. The molecule has 3 radical (unpaired) electrons. The molecule has 2 heteroatoms. The Labute approximate surface area is 54.5 Å². The SMILES string of the molecule is CC(C)(C)C([Si])S. The van der Waals surface area contributed by atoms with Gasteiger partial charge in [0, 0.05) is 10.2 Å². The molecule has 7 heavy (non-hydrogen) atoms. The van der Waals surface area contributed by atoms with Crippen LogP contribution in [0.1, 0.15) is 20.8 Å². The molecule has 1 unspecified atom stereocenters. The summed E-state index contributed by atoms with van der Waals surface area (Å²) in [5, 5.41) is 0. The highest BCUT2D eigenvalue weighted by Crippen LogP contribution is 2.20. The van der Waals surface area contributed by atoms with Gasteiger partial charge in [0.15, 0.2) is 0 Å². The van der Waals surface area contributed by atoms with E-state index in [0.29, 0.717) is 4.87 Å². The van der Waals surface area contributed by atoms with Crippen LogP contribution < -0.4 is 0 Å². The van der Waals surface area contributed by atoms with Crippen molar-refractivity contribution in [3.8, 4) is 0 Å². The maximum atomic E-state index is 4.19. The average Bonchev–Trinajstić information content (AvgIpc) is 1.31. The van der Waals surface area contributed by atoms with Crippen LogP contribution in [0.4, 0.5) is 0 Å². The molecular weight excluding hydrogens is 120 g/mol. The van der Waals surface area contributed by atoms with Crippen LogP contribution in [0.3, 0.4) is 0 Å². The van der Waals surface area contributed by atoms with Gasteiger partial charge >= 0.3 is 0 Å². The number of thiol groups is 1. The van der Waals surface area contributed by atoms with Gasteiger partial charge in [-0.1, -0.05) is 20.8 Å². The lowest BCUT2D eigenvalue weighted by Crippen LogP contribution is -2.20. The van der Waals surface area contributed by atoms with Crippen molar-refractivity contribution in [3.63, 3.8) is 0 Å². The molecule has 0 aromatic carbocycles. The Balaban J connectivity index is 3.54.